The van der Waals surface area contributed by atoms with E-state index in [2.05, 4.69) is 27.1 Å². The summed E-state index contributed by atoms with van der Waals surface area (Å²) in [5.74, 6) is 0. The van der Waals surface area contributed by atoms with Crippen LogP contribution in [0.3, 0.4) is 0 Å². The first-order chi connectivity index (χ1) is 6.65. The maximum atomic E-state index is 8.42. The van der Waals surface area contributed by atoms with Gasteiger partial charge in [0, 0.05) is 0 Å². The molecule has 0 unspecified atom stereocenters. The van der Waals surface area contributed by atoms with Crippen molar-refractivity contribution in [3.8, 4) is 0 Å². The van der Waals surface area contributed by atoms with E-state index in [1.165, 1.54) is 32.1 Å². The Labute approximate surface area is 95.0 Å². The van der Waals surface area contributed by atoms with Gasteiger partial charge in [0.2, 0.25) is 0 Å². The van der Waals surface area contributed by atoms with Gasteiger partial charge in [0.25, 0.3) is 0 Å². The van der Waals surface area contributed by atoms with Gasteiger partial charge < -0.3 is 15.1 Å². The van der Waals surface area contributed by atoms with Crippen LogP contribution in [-0.2, 0) is 20.2 Å². The van der Waals surface area contributed by atoms with Crippen LogP contribution in [-0.4, -0.2) is 13.9 Å². The van der Waals surface area contributed by atoms with Crippen LogP contribution < -0.4 is 15.1 Å². The zero-order valence-electron chi connectivity index (χ0n) is 8.46. The molecule has 0 saturated heterocycles. The minimum absolute atomic E-state index is 0.742. The molecule has 14 heavy (non-hydrogen) atoms. The molecular formula is C8H17BCuO4. The first-order valence-electron chi connectivity index (χ1n) is 4.83. The van der Waals surface area contributed by atoms with Crippen LogP contribution in [0, 0.1) is 0 Å². The fourth-order valence-electron chi connectivity index (χ4n) is 0.926. The predicted octanol–water partition coefficient (Wildman–Crippen LogP) is -1.12. The van der Waals surface area contributed by atoms with Crippen molar-refractivity contribution in [3.63, 3.8) is 0 Å². The summed E-state index contributed by atoms with van der Waals surface area (Å²) in [6, 6.07) is 0. The van der Waals surface area contributed by atoms with Crippen molar-refractivity contribution in [1.82, 2.24) is 0 Å². The van der Waals surface area contributed by atoms with Gasteiger partial charge in [-0.25, -0.2) is 0 Å². The van der Waals surface area contributed by atoms with Gasteiger partial charge in [0.15, 0.2) is 0 Å². The van der Waals surface area contributed by atoms with Gasteiger partial charge in [-0.2, -0.15) is 0 Å². The Balaban J connectivity index is 0. The molecule has 0 aromatic heterocycles. The van der Waals surface area contributed by atoms with Crippen LogP contribution in [0.5, 0.6) is 0 Å². The van der Waals surface area contributed by atoms with Gasteiger partial charge in [0.05, 0.1) is 0 Å². The van der Waals surface area contributed by atoms with Crippen molar-refractivity contribution in [2.24, 2.45) is 0 Å². The molecule has 0 aliphatic carbocycles. The second-order valence-electron chi connectivity index (χ2n) is 2.85. The number of hydrogen-bond acceptors (Lipinski definition) is 4. The monoisotopic (exact) mass is 251 g/mol. The molecule has 0 aliphatic rings. The standard InChI is InChI=1S/C8H17O.BO3.Cu/c1-2-3-4-5-6-7-8-9;2-1(3)4;/h2-8H2,1H3;;/q-1;-3;+4. The molecule has 0 bridgehead atoms. The van der Waals surface area contributed by atoms with Crippen molar-refractivity contribution in [2.45, 2.75) is 45.4 Å². The van der Waals surface area contributed by atoms with E-state index in [-0.39, 0.29) is 0 Å². The van der Waals surface area contributed by atoms with Crippen LogP contribution in [0.4, 0.5) is 0 Å². The van der Waals surface area contributed by atoms with Crippen molar-refractivity contribution in [3.05, 3.63) is 0 Å². The molecule has 87 valence electrons. The van der Waals surface area contributed by atoms with E-state index in [1.807, 2.05) is 0 Å². The molecule has 0 fully saturated rings. The SMILES string of the molecule is CCCCCCCC[O][Cu+3].[O-]B([O-])[O-]. The van der Waals surface area contributed by atoms with Crippen molar-refractivity contribution in [1.29, 1.82) is 0 Å². The summed E-state index contributed by atoms with van der Waals surface area (Å²) in [7, 11) is -2.92. The van der Waals surface area contributed by atoms with Gasteiger partial charge in [0.1, 0.15) is 0 Å². The molecule has 0 aliphatic heterocycles. The Morgan fingerprint density at radius 1 is 1.00 bits per heavy atom. The maximum absolute atomic E-state index is 8.42. The topological polar surface area (TPSA) is 78.4 Å². The molecule has 0 radical (unpaired) electrons. The van der Waals surface area contributed by atoms with E-state index < -0.39 is 7.32 Å². The Morgan fingerprint density at radius 2 is 1.43 bits per heavy atom. The first kappa shape index (κ1) is 16.8. The molecule has 0 heterocycles. The number of unbranched alkanes of at least 4 members (excludes halogenated alkanes) is 5. The smallest absolute Gasteiger partial charge is 0.278 e. The molecule has 6 heteroatoms. The molecule has 4 nitrogen and oxygen atoms in total. The van der Waals surface area contributed by atoms with Crippen LogP contribution >= 0.6 is 0 Å². The zero-order chi connectivity index (χ0) is 11.2. The van der Waals surface area contributed by atoms with E-state index >= 15 is 0 Å². The Morgan fingerprint density at radius 3 is 1.86 bits per heavy atom. The summed E-state index contributed by atoms with van der Waals surface area (Å²) in [6.45, 7) is 2.97. The first-order valence-corrected chi connectivity index (χ1v) is 5.21. The Bertz CT molecular complexity index is 84.7. The molecule has 0 N–H and O–H groups in total. The van der Waals surface area contributed by atoms with Crippen LogP contribution in [0.1, 0.15) is 45.4 Å². The molecule has 0 aromatic carbocycles. The molecule has 0 aromatic rings. The summed E-state index contributed by atoms with van der Waals surface area (Å²) in [5.41, 5.74) is 0. The minimum Gasteiger partial charge on any atom is -0.907 e. The summed E-state index contributed by atoms with van der Waals surface area (Å²) >= 11 is 4.48. The molecule has 0 saturated carbocycles. The van der Waals surface area contributed by atoms with Crippen LogP contribution in [0.25, 0.3) is 0 Å². The van der Waals surface area contributed by atoms with Crippen LogP contribution in [0.2, 0.25) is 0 Å². The fraction of sp³-hybridized carbons (Fsp3) is 1.00. The van der Waals surface area contributed by atoms with Gasteiger partial charge in [-0.05, 0) is 0 Å². The van der Waals surface area contributed by atoms with E-state index in [4.69, 9.17) is 15.1 Å². The van der Waals surface area contributed by atoms with Crippen LogP contribution in [0.15, 0.2) is 0 Å². The Hall–Kier alpha value is 0.424. The van der Waals surface area contributed by atoms with E-state index in [9.17, 15) is 0 Å². The van der Waals surface area contributed by atoms with Crippen molar-refractivity contribution in [2.75, 3.05) is 6.61 Å². The molecule has 0 amide bonds. The van der Waals surface area contributed by atoms with Gasteiger partial charge in [-0.1, -0.05) is 0 Å². The molecule has 0 rings (SSSR count). The summed E-state index contributed by atoms with van der Waals surface area (Å²) in [6.07, 6.45) is 7.79. The normalized spacial score (nSPS) is 9.21. The van der Waals surface area contributed by atoms with E-state index in [1.54, 1.807) is 0 Å². The summed E-state index contributed by atoms with van der Waals surface area (Å²) < 4.78 is 4.51. The molecular weight excluding hydrogens is 234 g/mol. The number of rotatable bonds is 7. The average Bonchev–Trinajstić information content (AvgIpc) is 2.10. The second-order valence-corrected chi connectivity index (χ2v) is 3.12. The third kappa shape index (κ3) is 29.4. The second kappa shape index (κ2) is 15.9. The summed E-state index contributed by atoms with van der Waals surface area (Å²) in [4.78, 5) is 0. The summed E-state index contributed by atoms with van der Waals surface area (Å²) in [5, 5.41) is 25.2. The number of hydrogen-bond donors (Lipinski definition) is 0. The fourth-order valence-corrected chi connectivity index (χ4v) is 1.06. The minimum atomic E-state index is -2.92. The van der Waals surface area contributed by atoms with Crippen molar-refractivity contribution < 1.29 is 35.2 Å². The zero-order valence-corrected chi connectivity index (χ0v) is 9.40. The molecule has 0 atom stereocenters. The van der Waals surface area contributed by atoms with E-state index in [0.717, 1.165) is 13.0 Å². The van der Waals surface area contributed by atoms with Gasteiger partial charge in [-0.3, -0.25) is 7.32 Å². The van der Waals surface area contributed by atoms with Gasteiger partial charge >= 0.3 is 72.2 Å². The average molecular weight is 252 g/mol. The van der Waals surface area contributed by atoms with Gasteiger partial charge in [-0.15, -0.1) is 0 Å². The third-order valence-corrected chi connectivity index (χ3v) is 1.75. The largest absolute Gasteiger partial charge is 0.907 e. The third-order valence-electron chi connectivity index (χ3n) is 1.56. The quantitative estimate of drug-likeness (QED) is 0.424. The van der Waals surface area contributed by atoms with E-state index in [0.29, 0.717) is 0 Å². The molecule has 0 spiro atoms. The van der Waals surface area contributed by atoms with Crippen molar-refractivity contribution >= 4 is 7.32 Å². The maximum Gasteiger partial charge on any atom is -0.278 e. The predicted molar refractivity (Wildman–Crippen MR) is 45.1 cm³/mol. The Kier molecular flexibility index (Phi) is 19.1.